The number of allylic oxidation sites excluding steroid dienone is 1. The predicted molar refractivity (Wildman–Crippen MR) is 63.4 cm³/mol. The molecule has 0 aromatic rings. The van der Waals surface area contributed by atoms with Crippen LogP contribution in [0, 0.1) is 0 Å². The third-order valence-corrected chi connectivity index (χ3v) is 5.60. The topological polar surface area (TPSA) is 60.2 Å². The molecule has 0 aliphatic heterocycles. The highest BCUT2D eigenvalue weighted by Gasteiger charge is 2.38. The molecular formula is C11H21NO2S. The molecule has 0 bridgehead atoms. The summed E-state index contributed by atoms with van der Waals surface area (Å²) in [7, 11) is -3.12. The lowest BCUT2D eigenvalue weighted by Gasteiger charge is -2.32. The van der Waals surface area contributed by atoms with E-state index in [2.05, 4.69) is 6.08 Å². The second kappa shape index (κ2) is 4.26. The summed E-state index contributed by atoms with van der Waals surface area (Å²) < 4.78 is 22.4. The van der Waals surface area contributed by atoms with E-state index >= 15 is 0 Å². The zero-order valence-corrected chi connectivity index (χ0v) is 10.6. The monoisotopic (exact) mass is 231 g/mol. The summed E-state index contributed by atoms with van der Waals surface area (Å²) in [6, 6.07) is -0.368. The lowest BCUT2D eigenvalue weighted by molar-refractivity contribution is 0.498. The number of nitrogens with two attached hydrogens (primary N) is 1. The summed E-state index contributed by atoms with van der Waals surface area (Å²) in [4.78, 5) is 0. The Morgan fingerprint density at radius 1 is 1.40 bits per heavy atom. The molecule has 1 aliphatic rings. The largest absolute Gasteiger partial charge is 0.323 e. The maximum absolute atomic E-state index is 11.6. The van der Waals surface area contributed by atoms with E-state index in [-0.39, 0.29) is 6.04 Å². The summed E-state index contributed by atoms with van der Waals surface area (Å²) >= 11 is 0. The quantitative estimate of drug-likeness (QED) is 0.751. The Morgan fingerprint density at radius 3 is 2.40 bits per heavy atom. The molecular weight excluding hydrogens is 210 g/mol. The van der Waals surface area contributed by atoms with Crippen LogP contribution in [0.15, 0.2) is 11.6 Å². The predicted octanol–water partition coefficient (Wildman–Crippen LogP) is 1.64. The molecule has 2 N–H and O–H groups in total. The van der Waals surface area contributed by atoms with E-state index in [1.54, 1.807) is 13.8 Å². The van der Waals surface area contributed by atoms with Crippen molar-refractivity contribution in [3.63, 3.8) is 0 Å². The van der Waals surface area contributed by atoms with E-state index < -0.39 is 14.6 Å². The van der Waals surface area contributed by atoms with Crippen LogP contribution < -0.4 is 5.73 Å². The molecule has 0 saturated heterocycles. The Kier molecular flexibility index (Phi) is 3.61. The highest BCUT2D eigenvalue weighted by atomic mass is 32.2. The molecule has 0 radical (unpaired) electrons. The summed E-state index contributed by atoms with van der Waals surface area (Å²) in [6.45, 7) is 3.42. The third-order valence-electron chi connectivity index (χ3n) is 3.43. The van der Waals surface area contributed by atoms with Gasteiger partial charge in [-0.1, -0.05) is 11.6 Å². The highest BCUT2D eigenvalue weighted by molar-refractivity contribution is 7.92. The van der Waals surface area contributed by atoms with Crippen molar-refractivity contribution in [2.24, 2.45) is 5.73 Å². The molecule has 4 heteroatoms. The van der Waals surface area contributed by atoms with Gasteiger partial charge in [-0.2, -0.15) is 0 Å². The lowest BCUT2D eigenvalue weighted by atomic mass is 9.88. The number of sulfone groups is 1. The minimum atomic E-state index is -3.12. The second-order valence-electron chi connectivity index (χ2n) is 4.88. The van der Waals surface area contributed by atoms with Crippen LogP contribution >= 0.6 is 0 Å². The Morgan fingerprint density at radius 2 is 2.00 bits per heavy atom. The first-order chi connectivity index (χ1) is 6.77. The minimum absolute atomic E-state index is 0.368. The average Bonchev–Trinajstić information content (AvgIpc) is 2.16. The molecule has 0 aromatic heterocycles. The van der Waals surface area contributed by atoms with Crippen molar-refractivity contribution >= 4 is 9.84 Å². The van der Waals surface area contributed by atoms with Crippen molar-refractivity contribution in [1.82, 2.24) is 0 Å². The van der Waals surface area contributed by atoms with Gasteiger partial charge in [-0.25, -0.2) is 8.42 Å². The molecule has 0 fully saturated rings. The van der Waals surface area contributed by atoms with Crippen LogP contribution in [-0.4, -0.2) is 25.5 Å². The van der Waals surface area contributed by atoms with Crippen LogP contribution in [0.2, 0.25) is 0 Å². The van der Waals surface area contributed by atoms with Crippen LogP contribution in [-0.2, 0) is 9.84 Å². The first-order valence-electron chi connectivity index (χ1n) is 5.41. The molecule has 88 valence electrons. The van der Waals surface area contributed by atoms with Crippen LogP contribution in [0.1, 0.15) is 39.5 Å². The van der Waals surface area contributed by atoms with E-state index in [1.807, 2.05) is 0 Å². The maximum atomic E-state index is 11.6. The first kappa shape index (κ1) is 12.7. The van der Waals surface area contributed by atoms with Crippen molar-refractivity contribution in [1.29, 1.82) is 0 Å². The van der Waals surface area contributed by atoms with Gasteiger partial charge in [0, 0.05) is 12.3 Å². The van der Waals surface area contributed by atoms with Gasteiger partial charge in [0.2, 0.25) is 0 Å². The molecule has 1 rings (SSSR count). The lowest BCUT2D eigenvalue weighted by Crippen LogP contribution is -2.50. The minimum Gasteiger partial charge on any atom is -0.323 e. The summed E-state index contributed by atoms with van der Waals surface area (Å²) in [6.07, 6.45) is 7.66. The van der Waals surface area contributed by atoms with E-state index in [4.69, 9.17) is 5.73 Å². The van der Waals surface area contributed by atoms with Crippen molar-refractivity contribution in [3.05, 3.63) is 11.6 Å². The van der Waals surface area contributed by atoms with Crippen LogP contribution in [0.5, 0.6) is 0 Å². The van der Waals surface area contributed by atoms with Crippen molar-refractivity contribution in [2.45, 2.75) is 50.3 Å². The smallest absolute Gasteiger partial charge is 0.154 e. The molecule has 15 heavy (non-hydrogen) atoms. The molecule has 0 spiro atoms. The average molecular weight is 231 g/mol. The highest BCUT2D eigenvalue weighted by Crippen LogP contribution is 2.29. The van der Waals surface area contributed by atoms with Crippen molar-refractivity contribution in [3.8, 4) is 0 Å². The first-order valence-corrected chi connectivity index (χ1v) is 7.30. The second-order valence-corrected chi connectivity index (χ2v) is 7.47. The van der Waals surface area contributed by atoms with Gasteiger partial charge in [0.25, 0.3) is 0 Å². The normalized spacial score (nSPS) is 20.9. The fourth-order valence-electron chi connectivity index (χ4n) is 1.82. The van der Waals surface area contributed by atoms with E-state index in [1.165, 1.54) is 12.7 Å². The van der Waals surface area contributed by atoms with E-state index in [0.29, 0.717) is 0 Å². The van der Waals surface area contributed by atoms with Gasteiger partial charge in [-0.15, -0.1) is 0 Å². The van der Waals surface area contributed by atoms with Gasteiger partial charge < -0.3 is 5.73 Å². The molecule has 3 nitrogen and oxygen atoms in total. The number of hydrogen-bond acceptors (Lipinski definition) is 3. The third kappa shape index (κ3) is 2.61. The van der Waals surface area contributed by atoms with Crippen LogP contribution in [0.25, 0.3) is 0 Å². The molecule has 0 amide bonds. The molecule has 0 saturated carbocycles. The van der Waals surface area contributed by atoms with Crippen molar-refractivity contribution < 1.29 is 8.42 Å². The molecule has 0 heterocycles. The summed E-state index contributed by atoms with van der Waals surface area (Å²) in [5.74, 6) is 0. The van der Waals surface area contributed by atoms with Gasteiger partial charge in [0.05, 0.1) is 4.75 Å². The summed E-state index contributed by atoms with van der Waals surface area (Å²) in [5, 5.41) is 0. The Balaban J connectivity index is 2.93. The molecule has 1 unspecified atom stereocenters. The van der Waals surface area contributed by atoms with Gasteiger partial charge in [0.1, 0.15) is 0 Å². The summed E-state index contributed by atoms with van der Waals surface area (Å²) in [5.41, 5.74) is 7.17. The number of hydrogen-bond donors (Lipinski definition) is 1. The van der Waals surface area contributed by atoms with Gasteiger partial charge in [-0.05, 0) is 39.5 Å². The zero-order valence-electron chi connectivity index (χ0n) is 9.79. The zero-order chi connectivity index (χ0) is 11.7. The van der Waals surface area contributed by atoms with Crippen LogP contribution in [0.4, 0.5) is 0 Å². The standard InChI is InChI=1S/C11H21NO2S/c1-11(2,15(3,13)14)10(12)9-7-5-4-6-8-9/h7,10H,4-6,8,12H2,1-3H3. The SMILES string of the molecule is CC(C)(C(N)C1=CCCCC1)S(C)(=O)=O. The molecule has 1 atom stereocenters. The Bertz CT molecular complexity index is 355. The number of rotatable bonds is 3. The van der Waals surface area contributed by atoms with E-state index in [9.17, 15) is 8.42 Å². The Labute approximate surface area is 92.7 Å². The fourth-order valence-corrected chi connectivity index (χ4v) is 2.44. The molecule has 0 aromatic carbocycles. The van der Waals surface area contributed by atoms with E-state index in [0.717, 1.165) is 24.8 Å². The van der Waals surface area contributed by atoms with Crippen molar-refractivity contribution in [2.75, 3.05) is 6.26 Å². The van der Waals surface area contributed by atoms with Crippen LogP contribution in [0.3, 0.4) is 0 Å². The van der Waals surface area contributed by atoms with Gasteiger partial charge >= 0.3 is 0 Å². The van der Waals surface area contributed by atoms with Gasteiger partial charge in [0.15, 0.2) is 9.84 Å². The van der Waals surface area contributed by atoms with Gasteiger partial charge in [-0.3, -0.25) is 0 Å². The fraction of sp³-hybridized carbons (Fsp3) is 0.818. The molecule has 1 aliphatic carbocycles. The Hall–Kier alpha value is -0.350. The maximum Gasteiger partial charge on any atom is 0.154 e.